The quantitative estimate of drug-likeness (QED) is 0.102. The van der Waals surface area contributed by atoms with Gasteiger partial charge in [0.25, 0.3) is 0 Å². The van der Waals surface area contributed by atoms with E-state index >= 15 is 0 Å². The normalized spacial score (nSPS) is 18.2. The maximum Gasteiger partial charge on any atom is 0.326 e. The van der Waals surface area contributed by atoms with Crippen LogP contribution in [0.25, 0.3) is 0 Å². The lowest BCUT2D eigenvalue weighted by Crippen LogP contribution is -2.54. The number of carbonyl (C=O) groups excluding carboxylic acids is 4. The fraction of sp³-hybridized carbons (Fsp3) is 0.694. The van der Waals surface area contributed by atoms with Gasteiger partial charge in [-0.25, -0.2) is 4.79 Å². The summed E-state index contributed by atoms with van der Waals surface area (Å²) in [6, 6.07) is 6.57. The second-order valence-electron chi connectivity index (χ2n) is 17.3. The molecule has 8 unspecified atom stereocenters. The van der Waals surface area contributed by atoms with Crippen molar-refractivity contribution >= 4 is 30.0 Å². The number of allylic oxidation sites excluding steroid dienone is 3. The lowest BCUT2D eigenvalue weighted by Gasteiger charge is -2.37. The number of nitrogens with zero attached hydrogens (tertiary/aromatic N) is 3. The van der Waals surface area contributed by atoms with Gasteiger partial charge in [-0.15, -0.1) is 0 Å². The Labute approximate surface area is 379 Å². The van der Waals surface area contributed by atoms with Gasteiger partial charge in [0.1, 0.15) is 18.1 Å². The second kappa shape index (κ2) is 30.9. The summed E-state index contributed by atoms with van der Waals surface area (Å²) in [5.41, 5.74) is 2.13. The molecule has 3 rings (SSSR count). The van der Waals surface area contributed by atoms with E-state index in [1.165, 1.54) is 6.42 Å². The Hall–Kier alpha value is -4.11. The van der Waals surface area contributed by atoms with E-state index in [0.29, 0.717) is 13.0 Å². The third-order valence-corrected chi connectivity index (χ3v) is 12.0. The molecule has 1 fully saturated rings. The van der Waals surface area contributed by atoms with Gasteiger partial charge in [-0.3, -0.25) is 19.3 Å². The zero-order chi connectivity index (χ0) is 47.6. The Balaban J connectivity index is 0.000000620. The topological polar surface area (TPSA) is 167 Å². The molecule has 1 aromatic rings. The number of carboxylic acids is 1. The van der Waals surface area contributed by atoms with Crippen molar-refractivity contribution in [3.05, 3.63) is 53.6 Å². The standard InChI is InChI=1S/C27H45N3O5.C19H30N2O4.C3H8/c1-9-20(4)26(23(35-8)15-17-31)30(6)24(32)18-28-27(33)25(19(2)3)29(5)16-14-21-10-12-22(34-7)13-11-21;1-13(17(25-3)16-10-7-11-21(16)2)18(22)20-15(19(23)24)12-14-8-5-4-6-9-14;1-3-2/h10-13,17,19-20,23,25-26H,9,14-16,18H2,1-8H3,(H,28,33);5,8-9,13,15-17H,4,6-7,10-12H2,1-3H3,(H,20,22)(H,23,24);3H2,1-2H3. The third-order valence-electron chi connectivity index (χ3n) is 12.0. The van der Waals surface area contributed by atoms with Crippen LogP contribution in [0.2, 0.25) is 0 Å². The molecule has 0 saturated carbocycles. The lowest BCUT2D eigenvalue weighted by atomic mass is 9.91. The van der Waals surface area contributed by atoms with E-state index < -0.39 is 17.9 Å². The maximum atomic E-state index is 13.1. The zero-order valence-corrected chi connectivity index (χ0v) is 40.9. The van der Waals surface area contributed by atoms with Crippen molar-refractivity contribution in [3.63, 3.8) is 0 Å². The summed E-state index contributed by atoms with van der Waals surface area (Å²) in [6.07, 6.45) is 13.6. The number of likely N-dealkylation sites (N-methyl/N-ethyl adjacent to an activating group) is 3. The van der Waals surface area contributed by atoms with Crippen LogP contribution in [0.4, 0.5) is 0 Å². The van der Waals surface area contributed by atoms with Crippen molar-refractivity contribution in [2.24, 2.45) is 17.8 Å². The van der Waals surface area contributed by atoms with Gasteiger partial charge >= 0.3 is 5.97 Å². The number of likely N-dealkylation sites (tertiary alicyclic amines) is 1. The number of ether oxygens (including phenoxy) is 3. The van der Waals surface area contributed by atoms with Gasteiger partial charge in [0.05, 0.1) is 43.9 Å². The highest BCUT2D eigenvalue weighted by atomic mass is 16.5. The SMILES string of the molecule is CCC.CCC(C)C(C(CC=O)OC)N(C)C(=O)CNC(=O)C(C(C)C)N(C)CCc1ccc(OC)cc1.COC(C(C)C(=O)NC(CC1=CCCC=C1)C(=O)O)C1CCCN1C. The molecule has 14 nitrogen and oxygen atoms in total. The van der Waals surface area contributed by atoms with Crippen molar-refractivity contribution in [1.29, 1.82) is 0 Å². The highest BCUT2D eigenvalue weighted by molar-refractivity contribution is 5.88. The molecule has 0 bridgehead atoms. The number of carbonyl (C=O) groups is 5. The van der Waals surface area contributed by atoms with E-state index in [1.54, 1.807) is 33.3 Å². The number of nitrogens with one attached hydrogen (secondary N) is 2. The summed E-state index contributed by atoms with van der Waals surface area (Å²) < 4.78 is 16.3. The number of rotatable bonds is 24. The van der Waals surface area contributed by atoms with E-state index in [9.17, 15) is 29.1 Å². The summed E-state index contributed by atoms with van der Waals surface area (Å²) in [4.78, 5) is 67.3. The first kappa shape index (κ1) is 56.9. The summed E-state index contributed by atoms with van der Waals surface area (Å²) in [5, 5.41) is 15.0. The van der Waals surface area contributed by atoms with Crippen molar-refractivity contribution in [1.82, 2.24) is 25.3 Å². The van der Waals surface area contributed by atoms with Crippen LogP contribution in [0.5, 0.6) is 5.75 Å². The molecule has 1 aliphatic heterocycles. The first-order valence-electron chi connectivity index (χ1n) is 22.9. The predicted molar refractivity (Wildman–Crippen MR) is 251 cm³/mol. The smallest absolute Gasteiger partial charge is 0.326 e. The average molecular weight is 886 g/mol. The molecule has 1 heterocycles. The molecular formula is C49H83N5O9. The number of carboxylic acid groups (broad SMARTS) is 1. The van der Waals surface area contributed by atoms with Crippen LogP contribution in [0.1, 0.15) is 105 Å². The number of hydrogen-bond acceptors (Lipinski definition) is 10. The number of amides is 3. The van der Waals surface area contributed by atoms with Gasteiger partial charge in [0.2, 0.25) is 17.7 Å². The van der Waals surface area contributed by atoms with Gasteiger partial charge in [0, 0.05) is 46.7 Å². The van der Waals surface area contributed by atoms with E-state index in [-0.39, 0.29) is 72.9 Å². The molecule has 0 radical (unpaired) electrons. The van der Waals surface area contributed by atoms with Gasteiger partial charge in [-0.2, -0.15) is 0 Å². The molecule has 0 spiro atoms. The fourth-order valence-electron chi connectivity index (χ4n) is 8.27. The Morgan fingerprint density at radius 1 is 0.968 bits per heavy atom. The van der Waals surface area contributed by atoms with Crippen molar-refractivity contribution in [2.75, 3.05) is 62.1 Å². The number of aldehydes is 1. The van der Waals surface area contributed by atoms with Gasteiger partial charge in [-0.05, 0) is 87.8 Å². The van der Waals surface area contributed by atoms with Crippen LogP contribution >= 0.6 is 0 Å². The molecule has 2 aliphatic rings. The predicted octanol–water partition coefficient (Wildman–Crippen LogP) is 6.17. The molecular weight excluding hydrogens is 803 g/mol. The molecule has 14 heteroatoms. The molecule has 3 amide bonds. The van der Waals surface area contributed by atoms with E-state index in [1.807, 2.05) is 96.1 Å². The van der Waals surface area contributed by atoms with Crippen molar-refractivity contribution < 1.29 is 43.3 Å². The fourth-order valence-corrected chi connectivity index (χ4v) is 8.27. The second-order valence-corrected chi connectivity index (χ2v) is 17.3. The Kier molecular flexibility index (Phi) is 27.9. The van der Waals surface area contributed by atoms with Crippen molar-refractivity contribution in [3.8, 4) is 5.75 Å². The molecule has 63 heavy (non-hydrogen) atoms. The van der Waals surface area contributed by atoms with Crippen LogP contribution in [0.3, 0.4) is 0 Å². The number of hydrogen-bond donors (Lipinski definition) is 3. The molecule has 1 aromatic carbocycles. The molecule has 0 aromatic heterocycles. The largest absolute Gasteiger partial charge is 0.497 e. The van der Waals surface area contributed by atoms with Gasteiger partial charge in [-0.1, -0.05) is 91.7 Å². The summed E-state index contributed by atoms with van der Waals surface area (Å²) in [7, 11) is 10.5. The highest BCUT2D eigenvalue weighted by Gasteiger charge is 2.37. The summed E-state index contributed by atoms with van der Waals surface area (Å²) >= 11 is 0. The monoisotopic (exact) mass is 886 g/mol. The van der Waals surface area contributed by atoms with E-state index in [2.05, 4.69) is 29.4 Å². The highest BCUT2D eigenvalue weighted by Crippen LogP contribution is 2.26. The maximum absolute atomic E-state index is 13.1. The van der Waals surface area contributed by atoms with Gasteiger partial charge < -0.3 is 44.5 Å². The minimum atomic E-state index is -1.01. The van der Waals surface area contributed by atoms with Crippen molar-refractivity contribution in [2.45, 2.75) is 143 Å². The van der Waals surface area contributed by atoms with Crippen LogP contribution in [0.15, 0.2) is 48.1 Å². The van der Waals surface area contributed by atoms with Crippen LogP contribution < -0.4 is 15.4 Å². The van der Waals surface area contributed by atoms with E-state index in [4.69, 9.17) is 14.2 Å². The minimum absolute atomic E-state index is 0.0713. The van der Waals surface area contributed by atoms with Crippen LogP contribution in [-0.4, -0.2) is 148 Å². The zero-order valence-electron chi connectivity index (χ0n) is 40.9. The van der Waals surface area contributed by atoms with Crippen LogP contribution in [0, 0.1) is 17.8 Å². The summed E-state index contributed by atoms with van der Waals surface area (Å²) in [6.45, 7) is 15.7. The van der Waals surface area contributed by atoms with Gasteiger partial charge in [0.15, 0.2) is 0 Å². The molecule has 3 N–H and O–H groups in total. The molecule has 1 saturated heterocycles. The van der Waals surface area contributed by atoms with Crippen LogP contribution in [-0.2, 0) is 39.9 Å². The Bertz CT molecular complexity index is 1570. The Morgan fingerprint density at radius 2 is 1.62 bits per heavy atom. The average Bonchev–Trinajstić information content (AvgIpc) is 3.69. The minimum Gasteiger partial charge on any atom is -0.497 e. The third kappa shape index (κ3) is 19.3. The molecule has 1 aliphatic carbocycles. The number of methoxy groups -OCH3 is 3. The molecule has 8 atom stereocenters. The first-order chi connectivity index (χ1) is 30.0. The lowest BCUT2D eigenvalue weighted by molar-refractivity contribution is -0.143. The first-order valence-corrected chi connectivity index (χ1v) is 22.9. The van der Waals surface area contributed by atoms with E-state index in [0.717, 1.165) is 68.2 Å². The number of benzene rings is 1. The summed E-state index contributed by atoms with van der Waals surface area (Å²) in [5.74, 6) is -1.04. The number of aliphatic carboxylic acids is 1. The molecule has 358 valence electrons. The Morgan fingerprint density at radius 3 is 2.10 bits per heavy atom.